The number of hydrogen-bond acceptors (Lipinski definition) is 1. The lowest BCUT2D eigenvalue weighted by atomic mass is 9.97. The van der Waals surface area contributed by atoms with Gasteiger partial charge in [0.2, 0.25) is 0 Å². The molecule has 1 aliphatic heterocycles. The summed E-state index contributed by atoms with van der Waals surface area (Å²) in [5.41, 5.74) is 3.18. The van der Waals surface area contributed by atoms with Gasteiger partial charge in [0.25, 0.3) is 0 Å². The summed E-state index contributed by atoms with van der Waals surface area (Å²) in [5, 5.41) is 0. The minimum absolute atomic E-state index is 0.596. The van der Waals surface area contributed by atoms with Gasteiger partial charge in [-0.25, -0.2) is 0 Å². The molecule has 12 heavy (non-hydrogen) atoms. The summed E-state index contributed by atoms with van der Waals surface area (Å²) in [6.45, 7) is 9.04. The molecule has 0 aromatic rings. The molecule has 0 aliphatic carbocycles. The minimum atomic E-state index is 0.596. The monoisotopic (exact) mass is 165 g/mol. The van der Waals surface area contributed by atoms with Crippen molar-refractivity contribution in [1.29, 1.82) is 0 Å². The highest BCUT2D eigenvalue weighted by molar-refractivity contribution is 4.99. The van der Waals surface area contributed by atoms with E-state index in [1.807, 2.05) is 0 Å². The molecule has 1 heteroatoms. The van der Waals surface area contributed by atoms with E-state index in [0.29, 0.717) is 12.1 Å². The van der Waals surface area contributed by atoms with Crippen molar-refractivity contribution in [3.63, 3.8) is 0 Å². The van der Waals surface area contributed by atoms with E-state index in [-0.39, 0.29) is 0 Å². The lowest BCUT2D eigenvalue weighted by Gasteiger charge is -2.37. The number of hydrogen-bond donors (Lipinski definition) is 0. The highest BCUT2D eigenvalue weighted by Gasteiger charge is 2.21. The van der Waals surface area contributed by atoms with Gasteiger partial charge in [0, 0.05) is 18.3 Å². The van der Waals surface area contributed by atoms with Crippen LogP contribution in [0.15, 0.2) is 18.0 Å². The predicted octanol–water partition coefficient (Wildman–Crippen LogP) is 2.79. The molecule has 1 rings (SSSR count). The van der Waals surface area contributed by atoms with Crippen molar-refractivity contribution < 1.29 is 0 Å². The van der Waals surface area contributed by atoms with Crippen LogP contribution in [0.25, 0.3) is 0 Å². The SMILES string of the molecule is CC(C)C1CC=C=CN1C(C)C. The molecule has 1 aliphatic rings. The van der Waals surface area contributed by atoms with Gasteiger partial charge in [0.05, 0.1) is 0 Å². The molecular formula is C11H19N. The van der Waals surface area contributed by atoms with Crippen molar-refractivity contribution in [3.8, 4) is 0 Å². The van der Waals surface area contributed by atoms with Crippen molar-refractivity contribution in [2.75, 3.05) is 0 Å². The zero-order valence-corrected chi connectivity index (χ0v) is 8.54. The molecule has 1 heterocycles. The summed E-state index contributed by atoms with van der Waals surface area (Å²) in [5.74, 6) is 0.724. The van der Waals surface area contributed by atoms with E-state index < -0.39 is 0 Å². The molecule has 0 spiro atoms. The average molecular weight is 165 g/mol. The molecule has 0 fully saturated rings. The molecule has 0 amide bonds. The van der Waals surface area contributed by atoms with Crippen LogP contribution in [0.4, 0.5) is 0 Å². The molecule has 1 atom stereocenters. The molecule has 0 saturated heterocycles. The molecule has 1 unspecified atom stereocenters. The van der Waals surface area contributed by atoms with Crippen LogP contribution in [0.1, 0.15) is 34.1 Å². The van der Waals surface area contributed by atoms with Crippen LogP contribution in [0.3, 0.4) is 0 Å². The zero-order valence-electron chi connectivity index (χ0n) is 8.54. The normalized spacial score (nSPS) is 22.8. The highest BCUT2D eigenvalue weighted by atomic mass is 15.2. The molecule has 1 nitrogen and oxygen atoms in total. The second kappa shape index (κ2) is 3.82. The Labute approximate surface area is 75.8 Å². The van der Waals surface area contributed by atoms with Crippen LogP contribution in [0, 0.1) is 5.92 Å². The Morgan fingerprint density at radius 3 is 2.42 bits per heavy atom. The molecule has 0 aromatic heterocycles. The van der Waals surface area contributed by atoms with E-state index in [4.69, 9.17) is 0 Å². The van der Waals surface area contributed by atoms with Crippen molar-refractivity contribution >= 4 is 0 Å². The van der Waals surface area contributed by atoms with Crippen molar-refractivity contribution in [2.45, 2.75) is 46.2 Å². The second-order valence-corrected chi connectivity index (χ2v) is 4.09. The van der Waals surface area contributed by atoms with Gasteiger partial charge in [-0.1, -0.05) is 13.8 Å². The maximum Gasteiger partial charge on any atom is 0.0425 e. The molecule has 0 radical (unpaired) electrons. The minimum Gasteiger partial charge on any atom is -0.365 e. The maximum absolute atomic E-state index is 3.18. The molecule has 0 bridgehead atoms. The van der Waals surface area contributed by atoms with E-state index in [1.165, 1.54) is 0 Å². The van der Waals surface area contributed by atoms with E-state index in [1.54, 1.807) is 0 Å². The first-order valence-corrected chi connectivity index (χ1v) is 4.81. The van der Waals surface area contributed by atoms with E-state index in [2.05, 4.69) is 50.6 Å². The van der Waals surface area contributed by atoms with Crippen LogP contribution in [-0.4, -0.2) is 17.0 Å². The molecule has 0 aromatic carbocycles. The first-order valence-electron chi connectivity index (χ1n) is 4.81. The van der Waals surface area contributed by atoms with E-state index in [9.17, 15) is 0 Å². The van der Waals surface area contributed by atoms with Gasteiger partial charge in [-0.05, 0) is 32.3 Å². The van der Waals surface area contributed by atoms with Crippen LogP contribution >= 0.6 is 0 Å². The number of rotatable bonds is 2. The summed E-state index contributed by atoms with van der Waals surface area (Å²) < 4.78 is 0. The molecule has 68 valence electrons. The van der Waals surface area contributed by atoms with Crippen molar-refractivity contribution in [1.82, 2.24) is 4.90 Å². The van der Waals surface area contributed by atoms with E-state index >= 15 is 0 Å². The largest absolute Gasteiger partial charge is 0.365 e. The van der Waals surface area contributed by atoms with Gasteiger partial charge in [-0.15, -0.1) is 5.73 Å². The van der Waals surface area contributed by atoms with Gasteiger partial charge in [0.1, 0.15) is 0 Å². The maximum atomic E-state index is 3.18. The zero-order chi connectivity index (χ0) is 9.14. The fraction of sp³-hybridized carbons (Fsp3) is 0.727. The average Bonchev–Trinajstić information content (AvgIpc) is 2.04. The predicted molar refractivity (Wildman–Crippen MR) is 52.9 cm³/mol. The van der Waals surface area contributed by atoms with Gasteiger partial charge in [-0.3, -0.25) is 0 Å². The van der Waals surface area contributed by atoms with Gasteiger partial charge in [-0.2, -0.15) is 0 Å². The van der Waals surface area contributed by atoms with Crippen molar-refractivity contribution in [2.24, 2.45) is 5.92 Å². The fourth-order valence-electron chi connectivity index (χ4n) is 1.69. The Morgan fingerprint density at radius 2 is 2.00 bits per heavy atom. The lowest BCUT2D eigenvalue weighted by Crippen LogP contribution is -2.40. The van der Waals surface area contributed by atoms with Crippen LogP contribution in [-0.2, 0) is 0 Å². The first kappa shape index (κ1) is 9.41. The third-order valence-electron chi connectivity index (χ3n) is 2.45. The van der Waals surface area contributed by atoms with Gasteiger partial charge < -0.3 is 4.90 Å². The second-order valence-electron chi connectivity index (χ2n) is 4.09. The lowest BCUT2D eigenvalue weighted by molar-refractivity contribution is 0.178. The molecular weight excluding hydrogens is 146 g/mol. The Bertz CT molecular complexity index is 197. The Kier molecular flexibility index (Phi) is 2.99. The third kappa shape index (κ3) is 1.92. The first-order chi connectivity index (χ1) is 5.63. The number of nitrogens with zero attached hydrogens (tertiary/aromatic N) is 1. The highest BCUT2D eigenvalue weighted by Crippen LogP contribution is 2.20. The standard InChI is InChI=1S/C11H19N/c1-9(2)11-7-5-6-8-12(11)10(3)4/h5,8-11H,7H2,1-4H3. The van der Waals surface area contributed by atoms with Gasteiger partial charge >= 0.3 is 0 Å². The summed E-state index contributed by atoms with van der Waals surface area (Å²) in [7, 11) is 0. The van der Waals surface area contributed by atoms with Crippen LogP contribution in [0.5, 0.6) is 0 Å². The van der Waals surface area contributed by atoms with E-state index in [0.717, 1.165) is 12.3 Å². The Balaban J connectivity index is 2.71. The van der Waals surface area contributed by atoms with Crippen LogP contribution < -0.4 is 0 Å². The third-order valence-corrected chi connectivity index (χ3v) is 2.45. The molecule has 0 saturated carbocycles. The molecule has 0 N–H and O–H groups in total. The smallest absolute Gasteiger partial charge is 0.0425 e. The summed E-state index contributed by atoms with van der Waals surface area (Å²) in [6, 6.07) is 1.27. The summed E-state index contributed by atoms with van der Waals surface area (Å²) in [6.07, 6.45) is 5.38. The topological polar surface area (TPSA) is 3.24 Å². The fourth-order valence-corrected chi connectivity index (χ4v) is 1.69. The summed E-state index contributed by atoms with van der Waals surface area (Å²) in [4.78, 5) is 2.41. The summed E-state index contributed by atoms with van der Waals surface area (Å²) >= 11 is 0. The Morgan fingerprint density at radius 1 is 1.33 bits per heavy atom. The van der Waals surface area contributed by atoms with Crippen LogP contribution in [0.2, 0.25) is 0 Å². The Hall–Kier alpha value is -0.680. The quantitative estimate of drug-likeness (QED) is 0.569. The van der Waals surface area contributed by atoms with Crippen molar-refractivity contribution in [3.05, 3.63) is 18.0 Å². The van der Waals surface area contributed by atoms with Gasteiger partial charge in [0.15, 0.2) is 0 Å².